The minimum Gasteiger partial charge on any atom is -0.466 e. The predicted octanol–water partition coefficient (Wildman–Crippen LogP) is 3.73. The Kier molecular flexibility index (Phi) is 14.0. The highest BCUT2D eigenvalue weighted by Crippen LogP contribution is 2.12. The third kappa shape index (κ3) is 13.6. The van der Waals surface area contributed by atoms with Crippen molar-refractivity contribution in [1.29, 1.82) is 0 Å². The molecule has 0 aromatic carbocycles. The first-order valence-electron chi connectivity index (χ1n) is 12.3. The molecule has 8 heteroatoms. The Morgan fingerprint density at radius 2 is 1.44 bits per heavy atom. The summed E-state index contributed by atoms with van der Waals surface area (Å²) in [5, 5.41) is 3.11. The summed E-state index contributed by atoms with van der Waals surface area (Å²) in [4.78, 5) is 39.5. The van der Waals surface area contributed by atoms with Crippen molar-refractivity contribution in [3.05, 3.63) is 0 Å². The van der Waals surface area contributed by atoms with Crippen LogP contribution in [0.5, 0.6) is 0 Å². The maximum atomic E-state index is 12.3. The van der Waals surface area contributed by atoms with Gasteiger partial charge in [0.2, 0.25) is 5.91 Å². The topological polar surface area (TPSA) is 88.2 Å². The van der Waals surface area contributed by atoms with E-state index in [2.05, 4.69) is 12.2 Å². The Morgan fingerprint density at radius 1 is 0.844 bits per heavy atom. The molecular weight excluding hydrogens is 410 g/mol. The molecule has 1 rings (SSSR count). The summed E-state index contributed by atoms with van der Waals surface area (Å²) in [6, 6.07) is 0. The van der Waals surface area contributed by atoms with Gasteiger partial charge in [0.1, 0.15) is 5.60 Å². The smallest absolute Gasteiger partial charge is 0.410 e. The van der Waals surface area contributed by atoms with Gasteiger partial charge in [-0.2, -0.15) is 0 Å². The van der Waals surface area contributed by atoms with Crippen LogP contribution in [-0.2, 0) is 19.1 Å². The van der Waals surface area contributed by atoms with Crippen molar-refractivity contribution in [1.82, 2.24) is 15.1 Å². The monoisotopic (exact) mass is 455 g/mol. The lowest BCUT2D eigenvalue weighted by molar-refractivity contribution is -0.144. The summed E-state index contributed by atoms with van der Waals surface area (Å²) in [5.74, 6) is -0.109. The van der Waals surface area contributed by atoms with Gasteiger partial charge in [0.15, 0.2) is 0 Å². The summed E-state index contributed by atoms with van der Waals surface area (Å²) in [6.07, 6.45) is 9.14. The molecule has 0 unspecified atom stereocenters. The number of rotatable bonds is 14. The molecule has 1 aliphatic rings. The number of nitrogens with zero attached hydrogens (tertiary/aromatic N) is 2. The zero-order valence-corrected chi connectivity index (χ0v) is 20.7. The van der Waals surface area contributed by atoms with Crippen molar-refractivity contribution >= 4 is 18.0 Å². The van der Waals surface area contributed by atoms with Gasteiger partial charge >= 0.3 is 12.1 Å². The van der Waals surface area contributed by atoms with Gasteiger partial charge in [-0.25, -0.2) is 4.79 Å². The number of nitrogens with one attached hydrogen (secondary N) is 1. The standard InChI is InChI=1S/C24H45N3O5/c1-5-6-7-8-9-10-11-13-22(29)31-19-12-14-25-20-21(28)26-15-17-27(18-16-26)23(30)32-24(2,3)4/h25H,5-20H2,1-4H3. The Labute approximate surface area is 194 Å². The molecule has 0 spiro atoms. The molecule has 0 saturated carbocycles. The van der Waals surface area contributed by atoms with Crippen LogP contribution in [0.4, 0.5) is 4.79 Å². The molecule has 8 nitrogen and oxygen atoms in total. The largest absolute Gasteiger partial charge is 0.466 e. The molecule has 1 saturated heterocycles. The normalized spacial score (nSPS) is 14.4. The van der Waals surface area contributed by atoms with Crippen LogP contribution in [-0.4, -0.2) is 79.2 Å². The van der Waals surface area contributed by atoms with Crippen LogP contribution in [0.1, 0.15) is 85.5 Å². The summed E-state index contributed by atoms with van der Waals surface area (Å²) < 4.78 is 10.6. The number of carbonyl (C=O) groups excluding carboxylic acids is 3. The van der Waals surface area contributed by atoms with Crippen LogP contribution in [0.3, 0.4) is 0 Å². The van der Waals surface area contributed by atoms with Gasteiger partial charge in [-0.3, -0.25) is 9.59 Å². The van der Waals surface area contributed by atoms with E-state index in [4.69, 9.17) is 9.47 Å². The number of amides is 2. The van der Waals surface area contributed by atoms with Crippen LogP contribution in [0, 0.1) is 0 Å². The van der Waals surface area contributed by atoms with E-state index in [-0.39, 0.29) is 24.5 Å². The molecule has 0 atom stereocenters. The van der Waals surface area contributed by atoms with Crippen molar-refractivity contribution in [2.24, 2.45) is 0 Å². The fourth-order valence-corrected chi connectivity index (χ4v) is 3.45. The average Bonchev–Trinajstić information content (AvgIpc) is 2.74. The van der Waals surface area contributed by atoms with E-state index in [0.717, 1.165) is 12.8 Å². The number of carbonyl (C=O) groups is 3. The van der Waals surface area contributed by atoms with E-state index in [1.807, 2.05) is 20.8 Å². The second kappa shape index (κ2) is 15.9. The quantitative estimate of drug-likeness (QED) is 0.317. The van der Waals surface area contributed by atoms with E-state index in [1.54, 1.807) is 9.80 Å². The predicted molar refractivity (Wildman–Crippen MR) is 125 cm³/mol. The lowest BCUT2D eigenvalue weighted by Crippen LogP contribution is -2.53. The van der Waals surface area contributed by atoms with Crippen molar-refractivity contribution in [2.45, 2.75) is 91.1 Å². The molecule has 1 fully saturated rings. The lowest BCUT2D eigenvalue weighted by Gasteiger charge is -2.35. The first-order valence-corrected chi connectivity index (χ1v) is 12.3. The molecule has 0 aromatic rings. The number of unbranched alkanes of at least 4 members (excludes halogenated alkanes) is 6. The van der Waals surface area contributed by atoms with Crippen LogP contribution < -0.4 is 5.32 Å². The maximum absolute atomic E-state index is 12.3. The molecule has 186 valence electrons. The van der Waals surface area contributed by atoms with Crippen LogP contribution in [0.15, 0.2) is 0 Å². The SMILES string of the molecule is CCCCCCCCCC(=O)OCCCNCC(=O)N1CCN(C(=O)OC(C)(C)C)CC1. The summed E-state index contributed by atoms with van der Waals surface area (Å²) in [7, 11) is 0. The molecule has 32 heavy (non-hydrogen) atoms. The van der Waals surface area contributed by atoms with Crippen LogP contribution in [0.25, 0.3) is 0 Å². The van der Waals surface area contributed by atoms with E-state index in [9.17, 15) is 14.4 Å². The van der Waals surface area contributed by atoms with Gasteiger partial charge in [-0.05, 0) is 40.2 Å². The molecule has 0 aromatic heterocycles. The second-order valence-electron chi connectivity index (χ2n) is 9.47. The van der Waals surface area contributed by atoms with Crippen LogP contribution in [0.2, 0.25) is 0 Å². The van der Waals surface area contributed by atoms with E-state index in [0.29, 0.717) is 52.2 Å². The Hall–Kier alpha value is -1.83. The molecule has 0 aliphatic carbocycles. The number of hydrogen-bond donors (Lipinski definition) is 1. The molecular formula is C24H45N3O5. The first-order chi connectivity index (χ1) is 15.2. The fourth-order valence-electron chi connectivity index (χ4n) is 3.45. The van der Waals surface area contributed by atoms with Crippen molar-refractivity contribution < 1.29 is 23.9 Å². The third-order valence-electron chi connectivity index (χ3n) is 5.31. The van der Waals surface area contributed by atoms with Crippen LogP contribution >= 0.6 is 0 Å². The van der Waals surface area contributed by atoms with Gasteiger partial charge in [0.05, 0.1) is 13.2 Å². The second-order valence-corrected chi connectivity index (χ2v) is 9.47. The molecule has 1 aliphatic heterocycles. The highest BCUT2D eigenvalue weighted by atomic mass is 16.6. The fraction of sp³-hybridized carbons (Fsp3) is 0.875. The minimum atomic E-state index is -0.518. The van der Waals surface area contributed by atoms with Gasteiger partial charge in [-0.15, -0.1) is 0 Å². The highest BCUT2D eigenvalue weighted by Gasteiger charge is 2.27. The third-order valence-corrected chi connectivity index (χ3v) is 5.31. The van der Waals surface area contributed by atoms with E-state index >= 15 is 0 Å². The highest BCUT2D eigenvalue weighted by molar-refractivity contribution is 5.78. The maximum Gasteiger partial charge on any atom is 0.410 e. The van der Waals surface area contributed by atoms with E-state index in [1.165, 1.54) is 32.1 Å². The molecule has 0 radical (unpaired) electrons. The lowest BCUT2D eigenvalue weighted by atomic mass is 10.1. The number of hydrogen-bond acceptors (Lipinski definition) is 6. The Bertz CT molecular complexity index is 554. The number of esters is 1. The van der Waals surface area contributed by atoms with Crippen molar-refractivity contribution in [2.75, 3.05) is 45.9 Å². The first kappa shape index (κ1) is 28.2. The average molecular weight is 456 g/mol. The van der Waals surface area contributed by atoms with Gasteiger partial charge < -0.3 is 24.6 Å². The number of piperazine rings is 1. The van der Waals surface area contributed by atoms with Gasteiger partial charge in [0.25, 0.3) is 0 Å². The minimum absolute atomic E-state index is 0.0183. The van der Waals surface area contributed by atoms with Gasteiger partial charge in [-0.1, -0.05) is 45.4 Å². The zero-order valence-electron chi connectivity index (χ0n) is 20.7. The summed E-state index contributed by atoms with van der Waals surface area (Å²) in [6.45, 7) is 11.0. The molecule has 2 amide bonds. The summed E-state index contributed by atoms with van der Waals surface area (Å²) in [5.41, 5.74) is -0.518. The van der Waals surface area contributed by atoms with E-state index < -0.39 is 5.60 Å². The molecule has 0 bridgehead atoms. The molecule has 1 heterocycles. The Morgan fingerprint density at radius 3 is 2.06 bits per heavy atom. The Balaban J connectivity index is 2.01. The van der Waals surface area contributed by atoms with Gasteiger partial charge in [0, 0.05) is 32.6 Å². The zero-order chi connectivity index (χ0) is 23.8. The summed E-state index contributed by atoms with van der Waals surface area (Å²) >= 11 is 0. The van der Waals surface area contributed by atoms with Crippen molar-refractivity contribution in [3.8, 4) is 0 Å². The van der Waals surface area contributed by atoms with Crippen molar-refractivity contribution in [3.63, 3.8) is 0 Å². The number of ether oxygens (including phenoxy) is 2. The molecule has 1 N–H and O–H groups in total.